The zero-order valence-corrected chi connectivity index (χ0v) is 12.2. The first-order chi connectivity index (χ1) is 9.61. The molecule has 0 saturated carbocycles. The van der Waals surface area contributed by atoms with E-state index in [2.05, 4.69) is 5.32 Å². The third-order valence-electron chi connectivity index (χ3n) is 3.20. The molecular formula is C15H18FNO2S. The van der Waals surface area contributed by atoms with E-state index in [1.165, 1.54) is 17.4 Å². The molecule has 0 aliphatic heterocycles. The van der Waals surface area contributed by atoms with Crippen LogP contribution in [0.3, 0.4) is 0 Å². The van der Waals surface area contributed by atoms with E-state index >= 15 is 0 Å². The molecular weight excluding hydrogens is 277 g/mol. The van der Waals surface area contributed by atoms with Crippen LogP contribution >= 0.6 is 11.3 Å². The molecule has 20 heavy (non-hydrogen) atoms. The monoisotopic (exact) mass is 295 g/mol. The first-order valence-corrected chi connectivity index (χ1v) is 7.50. The fourth-order valence-electron chi connectivity index (χ4n) is 1.97. The predicted octanol–water partition coefficient (Wildman–Crippen LogP) is 3.18. The Kier molecular flexibility index (Phi) is 5.09. The number of benzene rings is 1. The van der Waals surface area contributed by atoms with Crippen LogP contribution in [0, 0.1) is 11.7 Å². The normalized spacial score (nSPS) is 12.6. The van der Waals surface area contributed by atoms with Gasteiger partial charge in [-0.25, -0.2) is 4.39 Å². The van der Waals surface area contributed by atoms with Gasteiger partial charge in [-0.1, -0.05) is 13.0 Å². The Balaban J connectivity index is 1.93. The van der Waals surface area contributed by atoms with Gasteiger partial charge < -0.3 is 10.4 Å². The molecule has 1 unspecified atom stereocenters. The fourth-order valence-corrected chi connectivity index (χ4v) is 2.96. The molecule has 1 aromatic heterocycles. The highest BCUT2D eigenvalue weighted by Gasteiger charge is 2.12. The average Bonchev–Trinajstić information content (AvgIpc) is 2.88. The number of fused-ring (bicyclic) bond motifs is 1. The Morgan fingerprint density at radius 1 is 1.50 bits per heavy atom. The molecule has 1 heterocycles. The Morgan fingerprint density at radius 3 is 3.00 bits per heavy atom. The smallest absolute Gasteiger partial charge is 0.261 e. The molecule has 0 bridgehead atoms. The molecule has 2 aromatic rings. The summed E-state index contributed by atoms with van der Waals surface area (Å²) >= 11 is 1.30. The molecule has 3 nitrogen and oxygen atoms in total. The van der Waals surface area contributed by atoms with Crippen molar-refractivity contribution in [3.8, 4) is 0 Å². The highest BCUT2D eigenvalue weighted by molar-refractivity contribution is 7.20. The Labute approximate surface area is 121 Å². The molecule has 0 fully saturated rings. The summed E-state index contributed by atoms with van der Waals surface area (Å²) in [5.41, 5.74) is 0. The van der Waals surface area contributed by atoms with E-state index in [9.17, 15) is 9.18 Å². The Bertz CT molecular complexity index is 597. The van der Waals surface area contributed by atoms with Gasteiger partial charge in [0, 0.05) is 23.2 Å². The number of carbonyl (C=O) groups is 1. The minimum atomic E-state index is -0.297. The topological polar surface area (TPSA) is 49.3 Å². The average molecular weight is 295 g/mol. The van der Waals surface area contributed by atoms with E-state index in [-0.39, 0.29) is 24.2 Å². The van der Waals surface area contributed by atoms with Gasteiger partial charge in [0.1, 0.15) is 5.82 Å². The molecule has 1 aromatic carbocycles. The zero-order chi connectivity index (χ0) is 14.5. The molecule has 0 radical (unpaired) electrons. The lowest BCUT2D eigenvalue weighted by atomic mass is 10.1. The number of rotatable bonds is 6. The number of nitrogens with one attached hydrogen (secondary N) is 1. The van der Waals surface area contributed by atoms with Crippen molar-refractivity contribution in [3.05, 3.63) is 35.0 Å². The van der Waals surface area contributed by atoms with Gasteiger partial charge in [-0.3, -0.25) is 4.79 Å². The molecule has 0 aliphatic rings. The number of amides is 1. The lowest BCUT2D eigenvalue weighted by Gasteiger charge is -2.07. The van der Waals surface area contributed by atoms with Crippen molar-refractivity contribution in [2.24, 2.45) is 5.92 Å². The fraction of sp³-hybridized carbons (Fsp3) is 0.400. The minimum Gasteiger partial charge on any atom is -0.396 e. The SMILES string of the molecule is CC(CO)CCCNC(=O)c1cc2c(F)cccc2s1. The van der Waals surface area contributed by atoms with Crippen LogP contribution in [0.4, 0.5) is 4.39 Å². The second kappa shape index (κ2) is 6.81. The number of carbonyl (C=O) groups excluding carboxylic acids is 1. The number of thiophene rings is 1. The van der Waals surface area contributed by atoms with Crippen molar-refractivity contribution >= 4 is 27.3 Å². The first kappa shape index (κ1) is 14.9. The summed E-state index contributed by atoms with van der Waals surface area (Å²) in [6, 6.07) is 6.45. The van der Waals surface area contributed by atoms with Gasteiger partial charge >= 0.3 is 0 Å². The maximum Gasteiger partial charge on any atom is 0.261 e. The number of aliphatic hydroxyl groups is 1. The molecule has 1 atom stereocenters. The van der Waals surface area contributed by atoms with Gasteiger partial charge in [-0.15, -0.1) is 11.3 Å². The molecule has 2 N–H and O–H groups in total. The second-order valence-corrected chi connectivity index (χ2v) is 6.03. The standard InChI is InChI=1S/C15H18FNO2S/c1-10(9-18)4-3-7-17-15(19)14-8-11-12(16)5-2-6-13(11)20-14/h2,5-6,8,10,18H,3-4,7,9H2,1H3,(H,17,19). The maximum atomic E-state index is 13.5. The summed E-state index contributed by atoms with van der Waals surface area (Å²) in [6.07, 6.45) is 1.70. The number of hydrogen-bond donors (Lipinski definition) is 2. The van der Waals surface area contributed by atoms with E-state index in [1.807, 2.05) is 13.0 Å². The van der Waals surface area contributed by atoms with Crippen LogP contribution in [0.15, 0.2) is 24.3 Å². The summed E-state index contributed by atoms with van der Waals surface area (Å²) in [6.45, 7) is 2.71. The first-order valence-electron chi connectivity index (χ1n) is 6.69. The van der Waals surface area contributed by atoms with Crippen molar-refractivity contribution in [3.63, 3.8) is 0 Å². The number of hydrogen-bond acceptors (Lipinski definition) is 3. The van der Waals surface area contributed by atoms with Gasteiger partial charge in [0.05, 0.1) is 4.88 Å². The van der Waals surface area contributed by atoms with E-state index in [0.717, 1.165) is 17.5 Å². The van der Waals surface area contributed by atoms with E-state index in [1.54, 1.807) is 12.1 Å². The quantitative estimate of drug-likeness (QED) is 0.804. The van der Waals surface area contributed by atoms with Crippen molar-refractivity contribution in [1.29, 1.82) is 0 Å². The van der Waals surface area contributed by atoms with Crippen LogP contribution in [-0.2, 0) is 0 Å². The van der Waals surface area contributed by atoms with Gasteiger partial charge in [0.15, 0.2) is 0 Å². The van der Waals surface area contributed by atoms with E-state index in [0.29, 0.717) is 16.8 Å². The summed E-state index contributed by atoms with van der Waals surface area (Å²) in [5.74, 6) is -0.206. The highest BCUT2D eigenvalue weighted by Crippen LogP contribution is 2.27. The molecule has 108 valence electrons. The Morgan fingerprint density at radius 2 is 2.30 bits per heavy atom. The predicted molar refractivity (Wildman–Crippen MR) is 79.6 cm³/mol. The van der Waals surface area contributed by atoms with Crippen molar-refractivity contribution in [1.82, 2.24) is 5.32 Å². The van der Waals surface area contributed by atoms with Crippen LogP contribution in [0.1, 0.15) is 29.4 Å². The van der Waals surface area contributed by atoms with Gasteiger partial charge in [-0.2, -0.15) is 0 Å². The largest absolute Gasteiger partial charge is 0.396 e. The maximum absolute atomic E-state index is 13.5. The summed E-state index contributed by atoms with van der Waals surface area (Å²) in [4.78, 5) is 12.5. The van der Waals surface area contributed by atoms with Crippen LogP contribution in [0.5, 0.6) is 0 Å². The summed E-state index contributed by atoms with van der Waals surface area (Å²) in [7, 11) is 0. The van der Waals surface area contributed by atoms with Gasteiger partial charge in [-0.05, 0) is 37.0 Å². The van der Waals surface area contributed by atoms with Crippen LogP contribution in [-0.4, -0.2) is 24.2 Å². The van der Waals surface area contributed by atoms with Crippen molar-refractivity contribution in [2.45, 2.75) is 19.8 Å². The minimum absolute atomic E-state index is 0.165. The molecule has 1 amide bonds. The van der Waals surface area contributed by atoms with Crippen LogP contribution < -0.4 is 5.32 Å². The van der Waals surface area contributed by atoms with E-state index in [4.69, 9.17) is 5.11 Å². The van der Waals surface area contributed by atoms with Crippen molar-refractivity contribution < 1.29 is 14.3 Å². The third-order valence-corrected chi connectivity index (χ3v) is 4.30. The number of halogens is 1. The molecule has 2 rings (SSSR count). The number of aliphatic hydroxyl groups excluding tert-OH is 1. The third kappa shape index (κ3) is 3.55. The van der Waals surface area contributed by atoms with Crippen molar-refractivity contribution in [2.75, 3.05) is 13.2 Å². The summed E-state index contributed by atoms with van der Waals surface area (Å²) < 4.78 is 14.3. The molecule has 0 aliphatic carbocycles. The Hall–Kier alpha value is -1.46. The summed E-state index contributed by atoms with van der Waals surface area (Å²) in [5, 5.41) is 12.2. The lowest BCUT2D eigenvalue weighted by Crippen LogP contribution is -2.24. The van der Waals surface area contributed by atoms with Crippen LogP contribution in [0.25, 0.3) is 10.1 Å². The molecule has 5 heteroatoms. The van der Waals surface area contributed by atoms with E-state index < -0.39 is 0 Å². The van der Waals surface area contributed by atoms with Gasteiger partial charge in [0.2, 0.25) is 0 Å². The zero-order valence-electron chi connectivity index (χ0n) is 11.4. The second-order valence-electron chi connectivity index (χ2n) is 4.95. The van der Waals surface area contributed by atoms with Crippen LogP contribution in [0.2, 0.25) is 0 Å². The highest BCUT2D eigenvalue weighted by atomic mass is 32.1. The lowest BCUT2D eigenvalue weighted by molar-refractivity contribution is 0.0956. The van der Waals surface area contributed by atoms with Gasteiger partial charge in [0.25, 0.3) is 5.91 Å². The molecule has 0 spiro atoms. The molecule has 0 saturated heterocycles.